The van der Waals surface area contributed by atoms with Crippen molar-refractivity contribution < 1.29 is 4.74 Å². The Morgan fingerprint density at radius 2 is 1.76 bits per heavy atom. The summed E-state index contributed by atoms with van der Waals surface area (Å²) in [5, 5.41) is 4.17. The summed E-state index contributed by atoms with van der Waals surface area (Å²) in [5.41, 5.74) is 1.17. The Morgan fingerprint density at radius 3 is 2.33 bits per heavy atom. The van der Waals surface area contributed by atoms with E-state index in [4.69, 9.17) is 16.3 Å². The van der Waals surface area contributed by atoms with Crippen LogP contribution in [-0.2, 0) is 0 Å². The van der Waals surface area contributed by atoms with Crippen molar-refractivity contribution in [2.75, 3.05) is 14.2 Å². The molecular weight excluding hydrogens is 282 g/mol. The van der Waals surface area contributed by atoms with Crippen LogP contribution >= 0.6 is 11.6 Å². The molecule has 0 heterocycles. The summed E-state index contributed by atoms with van der Waals surface area (Å²) in [5.74, 6) is 0.814. The van der Waals surface area contributed by atoms with E-state index in [9.17, 15) is 0 Å². The van der Waals surface area contributed by atoms with Gasteiger partial charge in [0.25, 0.3) is 0 Å². The van der Waals surface area contributed by atoms with Crippen LogP contribution in [0.25, 0.3) is 0 Å². The van der Waals surface area contributed by atoms with E-state index < -0.39 is 0 Å². The van der Waals surface area contributed by atoms with Crippen molar-refractivity contribution in [2.24, 2.45) is 0 Å². The lowest BCUT2D eigenvalue weighted by molar-refractivity contribution is 0.414. The normalized spacial score (nSPS) is 12.4. The van der Waals surface area contributed by atoms with Crippen molar-refractivity contribution >= 4 is 11.6 Å². The molecular formula is C18H30ClNO. The number of hydrogen-bond donors (Lipinski definition) is 1. The van der Waals surface area contributed by atoms with E-state index in [0.717, 1.165) is 17.2 Å². The van der Waals surface area contributed by atoms with E-state index in [-0.39, 0.29) is 0 Å². The third-order valence-corrected chi connectivity index (χ3v) is 4.36. The van der Waals surface area contributed by atoms with Gasteiger partial charge in [-0.25, -0.2) is 0 Å². The molecule has 0 amide bonds. The molecule has 120 valence electrons. The smallest absolute Gasteiger partial charge is 0.120 e. The third-order valence-electron chi connectivity index (χ3n) is 4.03. The summed E-state index contributed by atoms with van der Waals surface area (Å²) in [6.45, 7) is 2.26. The first-order chi connectivity index (χ1) is 10.2. The highest BCUT2D eigenvalue weighted by Gasteiger charge is 2.13. The number of rotatable bonds is 11. The largest absolute Gasteiger partial charge is 0.497 e. The Morgan fingerprint density at radius 1 is 1.10 bits per heavy atom. The molecule has 0 aromatic heterocycles. The van der Waals surface area contributed by atoms with E-state index in [0.29, 0.717) is 6.04 Å². The Bertz CT molecular complexity index is 395. The van der Waals surface area contributed by atoms with E-state index >= 15 is 0 Å². The monoisotopic (exact) mass is 311 g/mol. The predicted molar refractivity (Wildman–Crippen MR) is 92.4 cm³/mol. The van der Waals surface area contributed by atoms with Crippen molar-refractivity contribution in [1.29, 1.82) is 0 Å². The first-order valence-electron chi connectivity index (χ1n) is 8.23. The highest BCUT2D eigenvalue weighted by Crippen LogP contribution is 2.30. The second-order valence-corrected chi connectivity index (χ2v) is 6.05. The molecule has 0 saturated carbocycles. The summed E-state index contributed by atoms with van der Waals surface area (Å²) in [4.78, 5) is 0. The molecule has 0 spiro atoms. The maximum absolute atomic E-state index is 6.36. The lowest BCUT2D eigenvalue weighted by atomic mass is 9.99. The standard InChI is InChI=1S/C18H30ClNO/c1-4-5-6-7-8-9-10-11-18(20-2)16-13-12-15(21-3)14-17(16)19/h12-14,18,20H,4-11H2,1-3H3. The van der Waals surface area contributed by atoms with Crippen LogP contribution in [0, 0.1) is 0 Å². The average molecular weight is 312 g/mol. The summed E-state index contributed by atoms with van der Waals surface area (Å²) in [7, 11) is 3.67. The maximum atomic E-state index is 6.36. The maximum Gasteiger partial charge on any atom is 0.120 e. The van der Waals surface area contributed by atoms with E-state index in [1.54, 1.807) is 7.11 Å². The first kappa shape index (κ1) is 18.3. The van der Waals surface area contributed by atoms with Gasteiger partial charge >= 0.3 is 0 Å². The minimum absolute atomic E-state index is 0.332. The second kappa shape index (κ2) is 10.9. The number of hydrogen-bond acceptors (Lipinski definition) is 2. The molecule has 1 N–H and O–H groups in total. The third kappa shape index (κ3) is 6.71. The molecule has 0 aliphatic heterocycles. The molecule has 0 saturated heterocycles. The van der Waals surface area contributed by atoms with Gasteiger partial charge in [-0.15, -0.1) is 0 Å². The van der Waals surface area contributed by atoms with Crippen molar-refractivity contribution in [3.63, 3.8) is 0 Å². The number of ether oxygens (including phenoxy) is 1. The van der Waals surface area contributed by atoms with Gasteiger partial charge in [-0.05, 0) is 31.2 Å². The molecule has 1 atom stereocenters. The van der Waals surface area contributed by atoms with Crippen LogP contribution < -0.4 is 10.1 Å². The molecule has 0 radical (unpaired) electrons. The van der Waals surface area contributed by atoms with Crippen LogP contribution in [0.15, 0.2) is 18.2 Å². The minimum atomic E-state index is 0.332. The molecule has 0 fully saturated rings. The van der Waals surface area contributed by atoms with E-state index in [2.05, 4.69) is 18.3 Å². The highest BCUT2D eigenvalue weighted by atomic mass is 35.5. The summed E-state index contributed by atoms with van der Waals surface area (Å²) in [6, 6.07) is 6.28. The molecule has 1 aromatic carbocycles. The lowest BCUT2D eigenvalue weighted by Gasteiger charge is -2.18. The van der Waals surface area contributed by atoms with Gasteiger partial charge in [0.1, 0.15) is 5.75 Å². The molecule has 0 bridgehead atoms. The zero-order valence-electron chi connectivity index (χ0n) is 13.8. The van der Waals surface area contributed by atoms with Crippen LogP contribution in [0.2, 0.25) is 5.02 Å². The Balaban J connectivity index is 2.37. The van der Waals surface area contributed by atoms with Gasteiger partial charge in [0, 0.05) is 11.1 Å². The number of benzene rings is 1. The number of unbranched alkanes of at least 4 members (excludes halogenated alkanes) is 6. The van der Waals surface area contributed by atoms with Gasteiger partial charge in [0.05, 0.1) is 7.11 Å². The molecule has 1 aromatic rings. The van der Waals surface area contributed by atoms with Gasteiger partial charge in [0.2, 0.25) is 0 Å². The van der Waals surface area contributed by atoms with E-state index in [1.807, 2.05) is 19.2 Å². The van der Waals surface area contributed by atoms with Crippen LogP contribution in [0.5, 0.6) is 5.75 Å². The van der Waals surface area contributed by atoms with Crippen molar-refractivity contribution in [3.05, 3.63) is 28.8 Å². The Hall–Kier alpha value is -0.730. The van der Waals surface area contributed by atoms with Gasteiger partial charge in [-0.1, -0.05) is 69.5 Å². The Labute approximate surface area is 135 Å². The zero-order valence-corrected chi connectivity index (χ0v) is 14.5. The molecule has 2 nitrogen and oxygen atoms in total. The lowest BCUT2D eigenvalue weighted by Crippen LogP contribution is -2.16. The fourth-order valence-corrected chi connectivity index (χ4v) is 2.98. The Kier molecular flexibility index (Phi) is 9.53. The van der Waals surface area contributed by atoms with Gasteiger partial charge in [0.15, 0.2) is 0 Å². The number of nitrogens with one attached hydrogen (secondary N) is 1. The number of halogens is 1. The summed E-state index contributed by atoms with van der Waals surface area (Å²) in [6.07, 6.45) is 10.5. The number of methoxy groups -OCH3 is 1. The van der Waals surface area contributed by atoms with Crippen LogP contribution in [-0.4, -0.2) is 14.2 Å². The summed E-state index contributed by atoms with van der Waals surface area (Å²) >= 11 is 6.36. The predicted octanol–water partition coefficient (Wildman–Crippen LogP) is 5.75. The van der Waals surface area contributed by atoms with Crippen LogP contribution in [0.1, 0.15) is 69.9 Å². The SMILES string of the molecule is CCCCCCCCCC(NC)c1ccc(OC)cc1Cl. The second-order valence-electron chi connectivity index (χ2n) is 5.64. The van der Waals surface area contributed by atoms with E-state index in [1.165, 1.54) is 50.5 Å². The van der Waals surface area contributed by atoms with Crippen molar-refractivity contribution in [2.45, 2.75) is 64.3 Å². The molecule has 1 rings (SSSR count). The molecule has 21 heavy (non-hydrogen) atoms. The first-order valence-corrected chi connectivity index (χ1v) is 8.61. The molecule has 0 aliphatic carbocycles. The van der Waals surface area contributed by atoms with Gasteiger partial charge < -0.3 is 10.1 Å². The van der Waals surface area contributed by atoms with Crippen molar-refractivity contribution in [1.82, 2.24) is 5.32 Å². The quantitative estimate of drug-likeness (QED) is 0.525. The van der Waals surface area contributed by atoms with Gasteiger partial charge in [-0.3, -0.25) is 0 Å². The van der Waals surface area contributed by atoms with Crippen LogP contribution in [0.3, 0.4) is 0 Å². The topological polar surface area (TPSA) is 21.3 Å². The van der Waals surface area contributed by atoms with Crippen LogP contribution in [0.4, 0.5) is 0 Å². The average Bonchev–Trinajstić information content (AvgIpc) is 2.50. The molecule has 0 aliphatic rings. The molecule has 3 heteroatoms. The van der Waals surface area contributed by atoms with Gasteiger partial charge in [-0.2, -0.15) is 0 Å². The fraction of sp³-hybridized carbons (Fsp3) is 0.667. The fourth-order valence-electron chi connectivity index (χ4n) is 2.68. The highest BCUT2D eigenvalue weighted by molar-refractivity contribution is 6.31. The summed E-state index contributed by atoms with van der Waals surface area (Å²) < 4.78 is 5.20. The molecule has 1 unspecified atom stereocenters. The minimum Gasteiger partial charge on any atom is -0.497 e. The van der Waals surface area contributed by atoms with Crippen molar-refractivity contribution in [3.8, 4) is 5.75 Å². The zero-order chi connectivity index (χ0) is 15.5.